The van der Waals surface area contributed by atoms with Crippen LogP contribution in [0.1, 0.15) is 37.7 Å². The first-order valence-corrected chi connectivity index (χ1v) is 11.2. The number of rotatable bonds is 6. The van der Waals surface area contributed by atoms with E-state index in [0.29, 0.717) is 49.3 Å². The number of hydrogen-bond donors (Lipinski definition) is 2. The third-order valence-electron chi connectivity index (χ3n) is 5.46. The molecular formula is C18H24N8O2S. The standard InChI is InChI=1S/C18H24N8O2S/c1-25-12-16(11-21-25)29(27,28)26-7-5-15(6-8-26)23-18-20-10-13(9-19)17(24-18)22-14-3-2-4-14/h10-12,14-15H,2-8H2,1H3,(H2,20,22,23,24). The molecule has 10 nitrogen and oxygen atoms in total. The highest BCUT2D eigenvalue weighted by Crippen LogP contribution is 2.25. The summed E-state index contributed by atoms with van der Waals surface area (Å²) in [4.78, 5) is 8.94. The number of nitrogens with zero attached hydrogens (tertiary/aromatic N) is 6. The average Bonchev–Trinajstić information content (AvgIpc) is 3.13. The van der Waals surface area contributed by atoms with Gasteiger partial charge in [-0.25, -0.2) is 13.4 Å². The van der Waals surface area contributed by atoms with Crippen molar-refractivity contribution in [1.82, 2.24) is 24.1 Å². The van der Waals surface area contributed by atoms with Gasteiger partial charge in [0.15, 0.2) is 0 Å². The predicted octanol–water partition coefficient (Wildman–Crippen LogP) is 1.31. The summed E-state index contributed by atoms with van der Waals surface area (Å²) in [5.41, 5.74) is 0.430. The lowest BCUT2D eigenvalue weighted by molar-refractivity contribution is 0.329. The Bertz CT molecular complexity index is 1020. The monoisotopic (exact) mass is 416 g/mol. The molecule has 2 aromatic rings. The van der Waals surface area contributed by atoms with Gasteiger partial charge >= 0.3 is 0 Å². The predicted molar refractivity (Wildman–Crippen MR) is 107 cm³/mol. The highest BCUT2D eigenvalue weighted by atomic mass is 32.2. The Morgan fingerprint density at radius 1 is 1.14 bits per heavy atom. The molecule has 29 heavy (non-hydrogen) atoms. The first-order chi connectivity index (χ1) is 14.0. The van der Waals surface area contributed by atoms with E-state index >= 15 is 0 Å². The van der Waals surface area contributed by atoms with E-state index in [1.807, 2.05) is 0 Å². The second kappa shape index (κ2) is 7.96. The minimum Gasteiger partial charge on any atom is -0.366 e. The number of hydrogen-bond acceptors (Lipinski definition) is 8. The maximum Gasteiger partial charge on any atom is 0.246 e. The van der Waals surface area contributed by atoms with Gasteiger partial charge in [0.1, 0.15) is 22.3 Å². The van der Waals surface area contributed by atoms with Gasteiger partial charge in [-0.15, -0.1) is 0 Å². The summed E-state index contributed by atoms with van der Waals surface area (Å²) in [5, 5.41) is 19.8. The van der Waals surface area contributed by atoms with E-state index in [0.717, 1.165) is 12.8 Å². The van der Waals surface area contributed by atoms with Crippen LogP contribution in [0.5, 0.6) is 0 Å². The van der Waals surface area contributed by atoms with E-state index in [9.17, 15) is 13.7 Å². The minimum atomic E-state index is -3.52. The first-order valence-electron chi connectivity index (χ1n) is 9.75. The van der Waals surface area contributed by atoms with Gasteiger partial charge in [-0.2, -0.15) is 19.6 Å². The van der Waals surface area contributed by atoms with Crippen molar-refractivity contribution in [1.29, 1.82) is 5.26 Å². The lowest BCUT2D eigenvalue weighted by atomic mass is 9.93. The summed E-state index contributed by atoms with van der Waals surface area (Å²) >= 11 is 0. The van der Waals surface area contributed by atoms with E-state index in [4.69, 9.17) is 0 Å². The van der Waals surface area contributed by atoms with Gasteiger partial charge in [0.25, 0.3) is 0 Å². The second-order valence-electron chi connectivity index (χ2n) is 7.51. The van der Waals surface area contributed by atoms with Gasteiger partial charge in [-0.05, 0) is 32.1 Å². The van der Waals surface area contributed by atoms with Gasteiger partial charge in [-0.1, -0.05) is 0 Å². The molecule has 1 saturated heterocycles. The van der Waals surface area contributed by atoms with Crippen molar-refractivity contribution in [3.8, 4) is 6.07 Å². The lowest BCUT2D eigenvalue weighted by Gasteiger charge is -2.31. The van der Waals surface area contributed by atoms with Crippen molar-refractivity contribution in [2.24, 2.45) is 7.05 Å². The molecule has 4 rings (SSSR count). The zero-order valence-electron chi connectivity index (χ0n) is 16.2. The molecule has 154 valence electrons. The van der Waals surface area contributed by atoms with Crippen molar-refractivity contribution in [2.45, 2.75) is 49.1 Å². The zero-order valence-corrected chi connectivity index (χ0v) is 17.1. The molecule has 11 heteroatoms. The molecule has 0 spiro atoms. The van der Waals surface area contributed by atoms with E-state index in [2.05, 4.69) is 31.8 Å². The molecule has 0 radical (unpaired) electrons. The zero-order chi connectivity index (χ0) is 20.4. The molecule has 2 aliphatic rings. The molecule has 1 aliphatic heterocycles. The largest absolute Gasteiger partial charge is 0.366 e. The fourth-order valence-electron chi connectivity index (χ4n) is 3.49. The molecule has 3 heterocycles. The lowest BCUT2D eigenvalue weighted by Crippen LogP contribution is -2.42. The van der Waals surface area contributed by atoms with E-state index < -0.39 is 10.0 Å². The maximum atomic E-state index is 12.7. The second-order valence-corrected chi connectivity index (χ2v) is 9.45. The van der Waals surface area contributed by atoms with Gasteiger partial charge in [0, 0.05) is 38.4 Å². The Labute approximate surface area is 170 Å². The van der Waals surface area contributed by atoms with Crippen LogP contribution >= 0.6 is 0 Å². The van der Waals surface area contributed by atoms with Crippen LogP contribution in [0.3, 0.4) is 0 Å². The molecule has 0 aromatic carbocycles. The van der Waals surface area contributed by atoms with Crippen molar-refractivity contribution in [3.05, 3.63) is 24.2 Å². The Morgan fingerprint density at radius 2 is 1.86 bits per heavy atom. The molecule has 2 aromatic heterocycles. The number of nitriles is 1. The fraction of sp³-hybridized carbons (Fsp3) is 0.556. The smallest absolute Gasteiger partial charge is 0.246 e. The van der Waals surface area contributed by atoms with Crippen LogP contribution in [0, 0.1) is 11.3 Å². The quantitative estimate of drug-likeness (QED) is 0.721. The average molecular weight is 417 g/mol. The summed E-state index contributed by atoms with van der Waals surface area (Å²) in [6, 6.07) is 2.56. The van der Waals surface area contributed by atoms with E-state index in [1.54, 1.807) is 7.05 Å². The summed E-state index contributed by atoms with van der Waals surface area (Å²) in [6.45, 7) is 0.830. The van der Waals surface area contributed by atoms with Gasteiger partial charge in [0.05, 0.1) is 12.4 Å². The molecule has 0 unspecified atom stereocenters. The fourth-order valence-corrected chi connectivity index (χ4v) is 4.95. The number of nitrogens with one attached hydrogen (secondary N) is 2. The SMILES string of the molecule is Cn1cc(S(=O)(=O)N2CCC(Nc3ncc(C#N)c(NC4CCC4)n3)CC2)cn1. The van der Waals surface area contributed by atoms with Crippen molar-refractivity contribution in [2.75, 3.05) is 23.7 Å². The molecular weight excluding hydrogens is 392 g/mol. The van der Waals surface area contributed by atoms with Crippen molar-refractivity contribution >= 4 is 21.8 Å². The molecule has 1 aliphatic carbocycles. The maximum absolute atomic E-state index is 12.7. The summed E-state index contributed by atoms with van der Waals surface area (Å²) in [5.74, 6) is 1.02. The topological polar surface area (TPSA) is 129 Å². The van der Waals surface area contributed by atoms with Gasteiger partial charge in [0.2, 0.25) is 16.0 Å². The Hall–Kier alpha value is -2.71. The highest BCUT2D eigenvalue weighted by molar-refractivity contribution is 7.89. The van der Waals surface area contributed by atoms with Crippen LogP contribution in [-0.2, 0) is 17.1 Å². The molecule has 0 atom stereocenters. The third kappa shape index (κ3) is 4.18. The number of sulfonamides is 1. The number of aromatic nitrogens is 4. The number of piperidine rings is 1. The Morgan fingerprint density at radius 3 is 2.45 bits per heavy atom. The van der Waals surface area contributed by atoms with Crippen LogP contribution < -0.4 is 10.6 Å². The molecule has 0 bridgehead atoms. The van der Waals surface area contributed by atoms with E-state index in [-0.39, 0.29) is 10.9 Å². The molecule has 1 saturated carbocycles. The third-order valence-corrected chi connectivity index (χ3v) is 7.31. The number of aryl methyl sites for hydroxylation is 1. The molecule has 2 fully saturated rings. The molecule has 0 amide bonds. The number of anilines is 2. The normalized spacial score (nSPS) is 18.8. The summed E-state index contributed by atoms with van der Waals surface area (Å²) in [6.07, 6.45) is 9.07. The molecule has 2 N–H and O–H groups in total. The Balaban J connectivity index is 1.38. The van der Waals surface area contributed by atoms with Crippen molar-refractivity contribution < 1.29 is 8.42 Å². The van der Waals surface area contributed by atoms with Crippen LogP contribution in [0.25, 0.3) is 0 Å². The first kappa shape index (κ1) is 19.6. The van der Waals surface area contributed by atoms with Crippen LogP contribution in [-0.4, -0.2) is 57.6 Å². The van der Waals surface area contributed by atoms with Crippen LogP contribution in [0.15, 0.2) is 23.5 Å². The minimum absolute atomic E-state index is 0.0693. The summed E-state index contributed by atoms with van der Waals surface area (Å²) in [7, 11) is -1.82. The van der Waals surface area contributed by atoms with E-state index in [1.165, 1.54) is 34.0 Å². The van der Waals surface area contributed by atoms with Gasteiger partial charge in [-0.3, -0.25) is 4.68 Å². The van der Waals surface area contributed by atoms with Gasteiger partial charge < -0.3 is 10.6 Å². The van der Waals surface area contributed by atoms with Crippen LogP contribution in [0.4, 0.5) is 11.8 Å². The van der Waals surface area contributed by atoms with Crippen molar-refractivity contribution in [3.63, 3.8) is 0 Å². The van der Waals surface area contributed by atoms with Crippen LogP contribution in [0.2, 0.25) is 0 Å². The Kier molecular flexibility index (Phi) is 5.38. The highest BCUT2D eigenvalue weighted by Gasteiger charge is 2.30. The summed E-state index contributed by atoms with van der Waals surface area (Å²) < 4.78 is 28.4.